The highest BCUT2D eigenvalue weighted by atomic mass is 32.1. The van der Waals surface area contributed by atoms with Crippen LogP contribution < -0.4 is 11.1 Å². The Morgan fingerprint density at radius 1 is 1.55 bits per heavy atom. The van der Waals surface area contributed by atoms with Gasteiger partial charge in [0.05, 0.1) is 12.2 Å². The Balaban J connectivity index is 1.99. The maximum Gasteiger partial charge on any atom is 0.410 e. The van der Waals surface area contributed by atoms with Crippen LogP contribution in [0.25, 0.3) is 0 Å². The van der Waals surface area contributed by atoms with Gasteiger partial charge < -0.3 is 20.7 Å². The molecule has 0 saturated carbocycles. The zero-order valence-electron chi connectivity index (χ0n) is 12.2. The highest BCUT2D eigenvalue weighted by Crippen LogP contribution is 2.28. The van der Waals surface area contributed by atoms with Crippen LogP contribution in [-0.2, 0) is 17.7 Å². The molecule has 7 heteroatoms. The van der Waals surface area contributed by atoms with Crippen LogP contribution in [0.1, 0.15) is 31.3 Å². The molecule has 0 bridgehead atoms. The predicted octanol–water partition coefficient (Wildman–Crippen LogP) is 1.81. The smallest absolute Gasteiger partial charge is 0.410 e. The van der Waals surface area contributed by atoms with Gasteiger partial charge in [-0.2, -0.15) is 0 Å². The van der Waals surface area contributed by atoms with E-state index in [2.05, 4.69) is 10.3 Å². The topological polar surface area (TPSA) is 80.5 Å². The van der Waals surface area contributed by atoms with Crippen molar-refractivity contribution in [1.82, 2.24) is 9.88 Å². The van der Waals surface area contributed by atoms with E-state index in [0.29, 0.717) is 26.2 Å². The number of ether oxygens (including phenoxy) is 1. The van der Waals surface area contributed by atoms with Crippen LogP contribution in [0.15, 0.2) is 0 Å². The number of aromatic nitrogens is 1. The molecule has 3 N–H and O–H groups in total. The molecule has 6 nitrogen and oxygen atoms in total. The molecule has 1 aromatic rings. The molecule has 2 heterocycles. The summed E-state index contributed by atoms with van der Waals surface area (Å²) >= 11 is 1.59. The molecule has 1 aliphatic heterocycles. The summed E-state index contributed by atoms with van der Waals surface area (Å²) in [5.74, 6) is 0. The van der Waals surface area contributed by atoms with Crippen LogP contribution in [0.4, 0.5) is 9.93 Å². The molecule has 20 heavy (non-hydrogen) atoms. The molecule has 0 atom stereocenters. The van der Waals surface area contributed by atoms with Crippen molar-refractivity contribution >= 4 is 22.6 Å². The normalized spacial score (nSPS) is 14.9. The van der Waals surface area contributed by atoms with Gasteiger partial charge in [0.2, 0.25) is 0 Å². The molecule has 112 valence electrons. The summed E-state index contributed by atoms with van der Waals surface area (Å²) in [4.78, 5) is 19.4. The summed E-state index contributed by atoms with van der Waals surface area (Å²) in [6, 6.07) is 0. The summed E-state index contributed by atoms with van der Waals surface area (Å²) in [7, 11) is 0. The van der Waals surface area contributed by atoms with Gasteiger partial charge in [-0.1, -0.05) is 11.3 Å². The number of anilines is 1. The van der Waals surface area contributed by atoms with Gasteiger partial charge in [-0.3, -0.25) is 0 Å². The third kappa shape index (κ3) is 3.83. The number of carbonyl (C=O) groups is 1. The van der Waals surface area contributed by atoms with Gasteiger partial charge in [0.15, 0.2) is 5.13 Å². The first-order chi connectivity index (χ1) is 9.39. The van der Waals surface area contributed by atoms with E-state index in [1.54, 1.807) is 16.2 Å². The minimum Gasteiger partial charge on any atom is -0.444 e. The zero-order valence-corrected chi connectivity index (χ0v) is 13.0. The van der Waals surface area contributed by atoms with Crippen molar-refractivity contribution in [2.24, 2.45) is 5.73 Å². The SMILES string of the molecule is CC(C)(C)OC(=O)N1CCc2nc(NCCN)sc2C1. The van der Waals surface area contributed by atoms with E-state index in [0.717, 1.165) is 22.1 Å². The molecule has 1 aliphatic rings. The fraction of sp³-hybridized carbons (Fsp3) is 0.692. The molecular weight excluding hydrogens is 276 g/mol. The number of thiazole rings is 1. The number of nitrogens with zero attached hydrogens (tertiary/aromatic N) is 2. The highest BCUT2D eigenvalue weighted by molar-refractivity contribution is 7.15. The zero-order chi connectivity index (χ0) is 14.8. The Bertz CT molecular complexity index is 481. The molecule has 0 saturated heterocycles. The van der Waals surface area contributed by atoms with Gasteiger partial charge in [0, 0.05) is 30.9 Å². The van der Waals surface area contributed by atoms with Gasteiger partial charge >= 0.3 is 6.09 Å². The number of nitrogens with two attached hydrogens (primary N) is 1. The van der Waals surface area contributed by atoms with Crippen molar-refractivity contribution < 1.29 is 9.53 Å². The Morgan fingerprint density at radius 2 is 2.30 bits per heavy atom. The van der Waals surface area contributed by atoms with Crippen LogP contribution in [0, 0.1) is 0 Å². The summed E-state index contributed by atoms with van der Waals surface area (Å²) < 4.78 is 5.40. The lowest BCUT2D eigenvalue weighted by Gasteiger charge is -2.29. The lowest BCUT2D eigenvalue weighted by Crippen LogP contribution is -2.39. The van der Waals surface area contributed by atoms with Crippen molar-refractivity contribution in [3.63, 3.8) is 0 Å². The van der Waals surface area contributed by atoms with Crippen molar-refractivity contribution in [2.45, 2.75) is 39.3 Å². The lowest BCUT2D eigenvalue weighted by molar-refractivity contribution is 0.0226. The second-order valence-electron chi connectivity index (χ2n) is 5.76. The van der Waals surface area contributed by atoms with Crippen molar-refractivity contribution in [3.05, 3.63) is 10.6 Å². The first kappa shape index (κ1) is 15.1. The maximum absolute atomic E-state index is 12.1. The number of amides is 1. The summed E-state index contributed by atoms with van der Waals surface area (Å²) in [6.07, 6.45) is 0.517. The van der Waals surface area contributed by atoms with Crippen molar-refractivity contribution in [2.75, 3.05) is 25.0 Å². The van der Waals surface area contributed by atoms with Crippen LogP contribution in [-0.4, -0.2) is 41.2 Å². The second-order valence-corrected chi connectivity index (χ2v) is 6.84. The molecule has 1 aromatic heterocycles. The van der Waals surface area contributed by atoms with Gasteiger partial charge in [-0.25, -0.2) is 9.78 Å². The number of rotatable bonds is 3. The Morgan fingerprint density at radius 3 is 2.95 bits per heavy atom. The minimum atomic E-state index is -0.459. The van der Waals surface area contributed by atoms with Gasteiger partial charge in [-0.15, -0.1) is 0 Å². The van der Waals surface area contributed by atoms with E-state index >= 15 is 0 Å². The fourth-order valence-electron chi connectivity index (χ4n) is 1.93. The fourth-order valence-corrected chi connectivity index (χ4v) is 2.98. The molecule has 0 aliphatic carbocycles. The van der Waals surface area contributed by atoms with Gasteiger partial charge in [0.1, 0.15) is 5.60 Å². The average Bonchev–Trinajstić information content (AvgIpc) is 2.75. The standard InChI is InChI=1S/C13H22N4O2S/c1-13(2,3)19-12(18)17-7-4-9-10(8-17)20-11(16-9)15-6-5-14/h4-8,14H2,1-3H3,(H,15,16). The number of hydrogen-bond acceptors (Lipinski definition) is 6. The van der Waals surface area contributed by atoms with E-state index in [1.807, 2.05) is 20.8 Å². The minimum absolute atomic E-state index is 0.256. The number of fused-ring (bicyclic) bond motifs is 1. The quantitative estimate of drug-likeness (QED) is 0.889. The Labute approximate surface area is 123 Å². The maximum atomic E-state index is 12.1. The van der Waals surface area contributed by atoms with E-state index in [9.17, 15) is 4.79 Å². The first-order valence-corrected chi connectivity index (χ1v) is 7.61. The van der Waals surface area contributed by atoms with Crippen molar-refractivity contribution in [1.29, 1.82) is 0 Å². The van der Waals surface area contributed by atoms with Gasteiger partial charge in [-0.05, 0) is 20.8 Å². The predicted molar refractivity (Wildman–Crippen MR) is 80.0 cm³/mol. The average molecular weight is 298 g/mol. The molecular formula is C13H22N4O2S. The third-order valence-corrected chi connectivity index (χ3v) is 3.84. The largest absolute Gasteiger partial charge is 0.444 e. The van der Waals surface area contributed by atoms with Crippen LogP contribution >= 0.6 is 11.3 Å². The van der Waals surface area contributed by atoms with Crippen LogP contribution in [0.3, 0.4) is 0 Å². The second kappa shape index (κ2) is 5.97. The van der Waals surface area contributed by atoms with Gasteiger partial charge in [0.25, 0.3) is 0 Å². The number of hydrogen-bond donors (Lipinski definition) is 2. The van der Waals surface area contributed by atoms with E-state index in [-0.39, 0.29) is 6.09 Å². The van der Waals surface area contributed by atoms with Crippen molar-refractivity contribution in [3.8, 4) is 0 Å². The highest BCUT2D eigenvalue weighted by Gasteiger charge is 2.27. The van der Waals surface area contributed by atoms with E-state index in [1.165, 1.54) is 0 Å². The molecule has 0 aromatic carbocycles. The van der Waals surface area contributed by atoms with Crippen LogP contribution in [0.5, 0.6) is 0 Å². The summed E-state index contributed by atoms with van der Waals surface area (Å²) in [5.41, 5.74) is 6.08. The Kier molecular flexibility index (Phi) is 4.49. The number of carbonyl (C=O) groups excluding carboxylic acids is 1. The number of nitrogens with one attached hydrogen (secondary N) is 1. The summed E-state index contributed by atoms with van der Waals surface area (Å²) in [6.45, 7) is 8.15. The molecule has 0 unspecified atom stereocenters. The summed E-state index contributed by atoms with van der Waals surface area (Å²) in [5, 5.41) is 4.06. The van der Waals surface area contributed by atoms with E-state index in [4.69, 9.17) is 10.5 Å². The molecule has 0 fully saturated rings. The monoisotopic (exact) mass is 298 g/mol. The first-order valence-electron chi connectivity index (χ1n) is 6.79. The van der Waals surface area contributed by atoms with Crippen LogP contribution in [0.2, 0.25) is 0 Å². The molecule has 2 rings (SSSR count). The Hall–Kier alpha value is -1.34. The van der Waals surface area contributed by atoms with E-state index < -0.39 is 5.60 Å². The third-order valence-electron chi connectivity index (χ3n) is 2.80. The molecule has 0 radical (unpaired) electrons. The molecule has 0 spiro atoms. The lowest BCUT2D eigenvalue weighted by atomic mass is 10.2. The molecule has 1 amide bonds.